The predicted molar refractivity (Wildman–Crippen MR) is 75.3 cm³/mol. The lowest BCUT2D eigenvalue weighted by Crippen LogP contribution is -2.26. The molecule has 0 aliphatic rings. The van der Waals surface area contributed by atoms with Crippen molar-refractivity contribution in [3.8, 4) is 5.88 Å². The zero-order chi connectivity index (χ0) is 14.7. The van der Waals surface area contributed by atoms with Gasteiger partial charge >= 0.3 is 0 Å². The van der Waals surface area contributed by atoms with Gasteiger partial charge in [0.25, 0.3) is 5.56 Å². The van der Waals surface area contributed by atoms with Gasteiger partial charge in [-0.15, -0.1) is 5.10 Å². The smallest absolute Gasteiger partial charge is 0.267 e. The summed E-state index contributed by atoms with van der Waals surface area (Å²) in [4.78, 5) is 23.9. The number of methoxy groups -OCH3 is 1. The first kappa shape index (κ1) is 14.0. The number of hydrogen-bond acceptors (Lipinski definition) is 4. The van der Waals surface area contributed by atoms with Gasteiger partial charge in [0.05, 0.1) is 7.11 Å². The second kappa shape index (κ2) is 5.69. The van der Waals surface area contributed by atoms with Gasteiger partial charge in [0.2, 0.25) is 5.88 Å². The van der Waals surface area contributed by atoms with Gasteiger partial charge < -0.3 is 4.74 Å². The van der Waals surface area contributed by atoms with Crippen molar-refractivity contribution >= 4 is 5.78 Å². The van der Waals surface area contributed by atoms with Gasteiger partial charge in [-0.2, -0.15) is 0 Å². The summed E-state index contributed by atoms with van der Waals surface area (Å²) in [6.45, 7) is 3.75. The third kappa shape index (κ3) is 2.93. The molecular formula is C15H16N2O3. The Kier molecular flexibility index (Phi) is 3.98. The number of ketones is 1. The average Bonchev–Trinajstić information content (AvgIpc) is 2.41. The fourth-order valence-electron chi connectivity index (χ4n) is 2.00. The van der Waals surface area contributed by atoms with Crippen molar-refractivity contribution in [3.63, 3.8) is 0 Å². The highest BCUT2D eigenvalue weighted by Gasteiger charge is 2.12. The van der Waals surface area contributed by atoms with E-state index in [0.717, 1.165) is 15.8 Å². The summed E-state index contributed by atoms with van der Waals surface area (Å²) in [5.41, 5.74) is 2.26. The minimum Gasteiger partial charge on any atom is -0.480 e. The molecule has 0 radical (unpaired) electrons. The number of Topliss-reactive ketones (excluding diaryl/α,β-unsaturated/α-hetero) is 1. The number of aromatic nitrogens is 2. The molecule has 0 aliphatic heterocycles. The van der Waals surface area contributed by atoms with Crippen LogP contribution in [-0.2, 0) is 6.54 Å². The minimum atomic E-state index is -0.330. The van der Waals surface area contributed by atoms with E-state index in [1.165, 1.54) is 19.2 Å². The second-order valence-corrected chi connectivity index (χ2v) is 4.61. The van der Waals surface area contributed by atoms with Crippen LogP contribution in [0.4, 0.5) is 0 Å². The zero-order valence-electron chi connectivity index (χ0n) is 11.7. The van der Waals surface area contributed by atoms with Crippen LogP contribution in [0.5, 0.6) is 5.88 Å². The van der Waals surface area contributed by atoms with Gasteiger partial charge in [0, 0.05) is 17.7 Å². The molecule has 0 fully saturated rings. The fourth-order valence-corrected chi connectivity index (χ4v) is 2.00. The molecule has 1 aromatic heterocycles. The fraction of sp³-hybridized carbons (Fsp3) is 0.267. The van der Waals surface area contributed by atoms with E-state index < -0.39 is 0 Å². The van der Waals surface area contributed by atoms with E-state index in [0.29, 0.717) is 11.4 Å². The monoisotopic (exact) mass is 272 g/mol. The lowest BCUT2D eigenvalue weighted by atomic mass is 10.0. The molecule has 2 aromatic rings. The summed E-state index contributed by atoms with van der Waals surface area (Å²) in [5, 5.41) is 3.96. The zero-order valence-corrected chi connectivity index (χ0v) is 11.7. The summed E-state index contributed by atoms with van der Waals surface area (Å²) in [5.74, 6) is 0.156. The largest absolute Gasteiger partial charge is 0.480 e. The van der Waals surface area contributed by atoms with Crippen molar-refractivity contribution in [1.82, 2.24) is 9.78 Å². The molecule has 0 N–H and O–H groups in total. The lowest BCUT2D eigenvalue weighted by Gasteiger charge is -2.08. The van der Waals surface area contributed by atoms with Crippen LogP contribution >= 0.6 is 0 Å². The van der Waals surface area contributed by atoms with Crippen molar-refractivity contribution in [2.24, 2.45) is 0 Å². The summed E-state index contributed by atoms with van der Waals surface area (Å²) in [7, 11) is 1.46. The summed E-state index contributed by atoms with van der Waals surface area (Å²) in [6, 6.07) is 8.40. The maximum Gasteiger partial charge on any atom is 0.267 e. The van der Waals surface area contributed by atoms with Gasteiger partial charge in [-0.1, -0.05) is 23.8 Å². The quantitative estimate of drug-likeness (QED) is 0.796. The third-order valence-corrected chi connectivity index (χ3v) is 3.03. The van der Waals surface area contributed by atoms with Crippen LogP contribution in [0.2, 0.25) is 0 Å². The Hall–Kier alpha value is -2.43. The van der Waals surface area contributed by atoms with E-state index in [9.17, 15) is 9.59 Å². The van der Waals surface area contributed by atoms with Crippen LogP contribution < -0.4 is 10.3 Å². The number of rotatable bonds is 4. The van der Waals surface area contributed by atoms with Gasteiger partial charge in [0.15, 0.2) is 5.78 Å². The SMILES string of the molecule is COc1ccc(=O)n(CC(=O)c2ccc(C)cc2C)n1. The molecule has 2 rings (SSSR count). The van der Waals surface area contributed by atoms with Crippen LogP contribution in [-0.4, -0.2) is 22.7 Å². The molecule has 0 atom stereocenters. The standard InChI is InChI=1S/C15H16N2O3/c1-10-4-5-12(11(2)8-10)13(18)9-17-15(19)7-6-14(16-17)20-3/h4-8H,9H2,1-3H3. The third-order valence-electron chi connectivity index (χ3n) is 3.03. The van der Waals surface area contributed by atoms with Crippen LogP contribution in [0.15, 0.2) is 35.1 Å². The Morgan fingerprint density at radius 3 is 2.65 bits per heavy atom. The number of carbonyl (C=O) groups excluding carboxylic acids is 1. The Bertz CT molecular complexity index is 705. The molecule has 104 valence electrons. The second-order valence-electron chi connectivity index (χ2n) is 4.61. The molecule has 5 heteroatoms. The highest BCUT2D eigenvalue weighted by Crippen LogP contribution is 2.12. The highest BCUT2D eigenvalue weighted by molar-refractivity contribution is 5.97. The van der Waals surface area contributed by atoms with Crippen molar-refractivity contribution in [1.29, 1.82) is 0 Å². The van der Waals surface area contributed by atoms with Gasteiger partial charge in [-0.3, -0.25) is 9.59 Å². The van der Waals surface area contributed by atoms with Gasteiger partial charge in [0.1, 0.15) is 6.54 Å². The molecule has 0 bridgehead atoms. The topological polar surface area (TPSA) is 61.2 Å². The van der Waals surface area contributed by atoms with Crippen LogP contribution in [0.3, 0.4) is 0 Å². The first-order valence-corrected chi connectivity index (χ1v) is 6.24. The number of ether oxygens (including phenoxy) is 1. The number of carbonyl (C=O) groups is 1. The molecule has 1 aromatic carbocycles. The Morgan fingerprint density at radius 2 is 2.00 bits per heavy atom. The molecule has 0 spiro atoms. The van der Waals surface area contributed by atoms with Crippen LogP contribution in [0.25, 0.3) is 0 Å². The van der Waals surface area contributed by atoms with E-state index in [1.54, 1.807) is 6.07 Å². The molecule has 0 unspecified atom stereocenters. The number of aryl methyl sites for hydroxylation is 2. The van der Waals surface area contributed by atoms with Gasteiger partial charge in [-0.05, 0) is 19.4 Å². The first-order valence-electron chi connectivity index (χ1n) is 6.24. The number of hydrogen-bond donors (Lipinski definition) is 0. The maximum absolute atomic E-state index is 12.3. The van der Waals surface area contributed by atoms with Crippen molar-refractivity contribution in [2.75, 3.05) is 7.11 Å². The highest BCUT2D eigenvalue weighted by atomic mass is 16.5. The molecule has 5 nitrogen and oxygen atoms in total. The molecule has 0 saturated heterocycles. The van der Waals surface area contributed by atoms with Crippen molar-refractivity contribution in [2.45, 2.75) is 20.4 Å². The van der Waals surface area contributed by atoms with Crippen LogP contribution in [0, 0.1) is 13.8 Å². The summed E-state index contributed by atoms with van der Waals surface area (Å²) >= 11 is 0. The van der Waals surface area contributed by atoms with E-state index >= 15 is 0 Å². The molecule has 0 saturated carbocycles. The maximum atomic E-state index is 12.3. The van der Waals surface area contributed by atoms with E-state index in [-0.39, 0.29) is 17.9 Å². The Balaban J connectivity index is 2.30. The Labute approximate surface area is 116 Å². The molecule has 1 heterocycles. The predicted octanol–water partition coefficient (Wildman–Crippen LogP) is 1.75. The van der Waals surface area contributed by atoms with Crippen molar-refractivity contribution < 1.29 is 9.53 Å². The number of benzene rings is 1. The van der Waals surface area contributed by atoms with Gasteiger partial charge in [-0.25, -0.2) is 4.68 Å². The summed E-state index contributed by atoms with van der Waals surface area (Å²) in [6.07, 6.45) is 0. The van der Waals surface area contributed by atoms with Crippen molar-refractivity contribution in [3.05, 3.63) is 57.4 Å². The van der Waals surface area contributed by atoms with E-state index in [4.69, 9.17) is 4.74 Å². The number of nitrogens with zero attached hydrogens (tertiary/aromatic N) is 2. The normalized spacial score (nSPS) is 10.3. The average molecular weight is 272 g/mol. The molecule has 20 heavy (non-hydrogen) atoms. The Morgan fingerprint density at radius 1 is 1.25 bits per heavy atom. The van der Waals surface area contributed by atoms with E-state index in [2.05, 4.69) is 5.10 Å². The summed E-state index contributed by atoms with van der Waals surface area (Å²) < 4.78 is 6.07. The van der Waals surface area contributed by atoms with E-state index in [1.807, 2.05) is 26.0 Å². The minimum absolute atomic E-state index is 0.0973. The van der Waals surface area contributed by atoms with Crippen LogP contribution in [0.1, 0.15) is 21.5 Å². The molecular weight excluding hydrogens is 256 g/mol. The molecule has 0 amide bonds. The lowest BCUT2D eigenvalue weighted by molar-refractivity contribution is 0.0964. The first-order chi connectivity index (χ1) is 9.51. The molecule has 0 aliphatic carbocycles.